The number of aryl methyl sites for hydroxylation is 6. The molecule has 4 rings (SSSR count). The monoisotopic (exact) mass is 734 g/mol. The highest BCUT2D eigenvalue weighted by Crippen LogP contribution is 2.35. The molecule has 2 atom stereocenters. The lowest BCUT2D eigenvalue weighted by Crippen LogP contribution is -2.13. The molecular weight excluding hydrogens is 673 g/mol. The summed E-state index contributed by atoms with van der Waals surface area (Å²) in [4.78, 5) is 26.9. The van der Waals surface area contributed by atoms with E-state index < -0.39 is 11.9 Å². The molecule has 4 aromatic rings. The molecule has 0 N–H and O–H groups in total. The van der Waals surface area contributed by atoms with Gasteiger partial charge in [0.05, 0.1) is 24.3 Å². The van der Waals surface area contributed by atoms with Crippen molar-refractivity contribution in [2.24, 2.45) is 11.8 Å². The Balaban J connectivity index is 1.47. The van der Waals surface area contributed by atoms with E-state index in [0.717, 1.165) is 70.2 Å². The summed E-state index contributed by atoms with van der Waals surface area (Å²) in [5.41, 5.74) is 8.19. The summed E-state index contributed by atoms with van der Waals surface area (Å²) in [6, 6.07) is 19.3. The van der Waals surface area contributed by atoms with Crippen LogP contribution < -0.4 is 18.9 Å². The second-order valence-corrected chi connectivity index (χ2v) is 15.2. The van der Waals surface area contributed by atoms with Crippen molar-refractivity contribution in [3.8, 4) is 34.1 Å². The molecule has 0 aliphatic rings. The molecule has 0 amide bonds. The number of ether oxygens (including phenoxy) is 4. The van der Waals surface area contributed by atoms with Crippen molar-refractivity contribution in [3.63, 3.8) is 0 Å². The minimum atomic E-state index is -0.414. The lowest BCUT2D eigenvalue weighted by atomic mass is 9.96. The fourth-order valence-corrected chi connectivity index (χ4v) is 6.98. The van der Waals surface area contributed by atoms with Gasteiger partial charge < -0.3 is 18.9 Å². The van der Waals surface area contributed by atoms with Crippen LogP contribution >= 0.6 is 0 Å². The second kappa shape index (κ2) is 20.2. The van der Waals surface area contributed by atoms with E-state index in [1.54, 1.807) is 12.1 Å². The van der Waals surface area contributed by atoms with Crippen LogP contribution in [0.25, 0.3) is 11.1 Å². The summed E-state index contributed by atoms with van der Waals surface area (Å²) in [7, 11) is 0. The first-order chi connectivity index (χ1) is 25.8. The van der Waals surface area contributed by atoms with E-state index in [2.05, 4.69) is 27.7 Å². The van der Waals surface area contributed by atoms with Gasteiger partial charge in [-0.25, -0.2) is 9.59 Å². The lowest BCUT2D eigenvalue weighted by molar-refractivity contribution is 0.0722. The van der Waals surface area contributed by atoms with Crippen molar-refractivity contribution >= 4 is 11.9 Å². The quantitative estimate of drug-likeness (QED) is 0.0705. The molecule has 0 saturated carbocycles. The number of unbranched alkanes of at least 4 members (excludes halogenated alkanes) is 2. The molecule has 0 aliphatic heterocycles. The van der Waals surface area contributed by atoms with Crippen molar-refractivity contribution in [1.29, 1.82) is 0 Å². The van der Waals surface area contributed by atoms with Crippen LogP contribution in [0.2, 0.25) is 0 Å². The van der Waals surface area contributed by atoms with E-state index >= 15 is 0 Å². The first-order valence-electron chi connectivity index (χ1n) is 20.0. The SMILES string of the molecule is CCCCC(CC)COc1cc(C)cc(C(=O)Oc2c(C)cc(-c3cc(C)c(OC(=O)c4cc(C)cc(OCC(CC)CCCC)c4)c(C)c3)cc2C)c1. The average Bonchev–Trinajstić information content (AvgIpc) is 3.14. The zero-order valence-corrected chi connectivity index (χ0v) is 34.4. The molecule has 0 spiro atoms. The van der Waals surface area contributed by atoms with Gasteiger partial charge in [0.25, 0.3) is 0 Å². The summed E-state index contributed by atoms with van der Waals surface area (Å²) < 4.78 is 24.4. The number of carbonyl (C=O) groups is 2. The summed E-state index contributed by atoms with van der Waals surface area (Å²) in [6.07, 6.45) is 9.14. The molecule has 2 unspecified atom stereocenters. The lowest BCUT2D eigenvalue weighted by Gasteiger charge is -2.18. The number of hydrogen-bond donors (Lipinski definition) is 0. The van der Waals surface area contributed by atoms with Crippen molar-refractivity contribution in [3.05, 3.63) is 105 Å². The highest BCUT2D eigenvalue weighted by atomic mass is 16.5. The number of esters is 2. The molecule has 0 heterocycles. The molecular formula is C48H62O6. The summed E-state index contributed by atoms with van der Waals surface area (Å²) in [6.45, 7) is 21.8. The molecule has 0 radical (unpaired) electrons. The Hall–Kier alpha value is -4.58. The standard InChI is InChI=1S/C48H62O6/c1-11-15-17-37(13-3)29-51-43-21-31(5)19-41(27-43)47(49)53-45-33(7)23-39(24-34(45)8)40-25-35(9)46(36(10)26-40)54-48(50)42-20-32(6)22-44(28-42)52-30-38(14-4)18-16-12-2/h19-28,37-38H,11-18,29-30H2,1-10H3. The van der Waals surface area contributed by atoms with E-state index in [0.29, 0.717) is 59.2 Å². The van der Waals surface area contributed by atoms with Crippen molar-refractivity contribution in [1.82, 2.24) is 0 Å². The fraction of sp³-hybridized carbons (Fsp3) is 0.458. The van der Waals surface area contributed by atoms with Gasteiger partial charge in [-0.05, 0) is 171 Å². The number of hydrogen-bond acceptors (Lipinski definition) is 6. The zero-order chi connectivity index (χ0) is 39.4. The Morgan fingerprint density at radius 2 is 0.852 bits per heavy atom. The van der Waals surface area contributed by atoms with Crippen LogP contribution in [0, 0.1) is 53.4 Å². The Bertz CT molecular complexity index is 1710. The van der Waals surface area contributed by atoms with Gasteiger partial charge in [0.1, 0.15) is 23.0 Å². The van der Waals surface area contributed by atoms with Crippen LogP contribution in [-0.4, -0.2) is 25.2 Å². The van der Waals surface area contributed by atoms with E-state index in [4.69, 9.17) is 18.9 Å². The van der Waals surface area contributed by atoms with Crippen LogP contribution in [-0.2, 0) is 0 Å². The van der Waals surface area contributed by atoms with Gasteiger partial charge >= 0.3 is 11.9 Å². The predicted octanol–water partition coefficient (Wildman–Crippen LogP) is 12.8. The minimum Gasteiger partial charge on any atom is -0.493 e. The Kier molecular flexibility index (Phi) is 15.8. The van der Waals surface area contributed by atoms with Gasteiger partial charge in [-0.3, -0.25) is 0 Å². The topological polar surface area (TPSA) is 71.1 Å². The Morgan fingerprint density at radius 1 is 0.500 bits per heavy atom. The molecule has 0 aromatic heterocycles. The van der Waals surface area contributed by atoms with Gasteiger partial charge in [-0.15, -0.1) is 0 Å². The Morgan fingerprint density at radius 3 is 1.17 bits per heavy atom. The molecule has 54 heavy (non-hydrogen) atoms. The normalized spacial score (nSPS) is 12.3. The Labute approximate surface area is 324 Å². The third-order valence-electron chi connectivity index (χ3n) is 10.3. The summed E-state index contributed by atoms with van der Waals surface area (Å²) in [5.74, 6) is 2.64. The third-order valence-corrected chi connectivity index (χ3v) is 10.3. The number of rotatable bonds is 19. The number of carbonyl (C=O) groups excluding carboxylic acids is 2. The third kappa shape index (κ3) is 11.7. The van der Waals surface area contributed by atoms with Crippen LogP contribution in [0.3, 0.4) is 0 Å². The van der Waals surface area contributed by atoms with E-state index in [1.165, 1.54) is 25.7 Å². The van der Waals surface area contributed by atoms with Gasteiger partial charge in [0.2, 0.25) is 0 Å². The molecule has 0 bridgehead atoms. The minimum absolute atomic E-state index is 0.414. The molecule has 290 valence electrons. The number of benzene rings is 4. The molecule has 6 heteroatoms. The maximum absolute atomic E-state index is 13.4. The average molecular weight is 735 g/mol. The molecule has 0 aliphatic carbocycles. The van der Waals surface area contributed by atoms with Crippen LogP contribution in [0.15, 0.2) is 60.7 Å². The van der Waals surface area contributed by atoms with Crippen molar-refractivity contribution in [2.75, 3.05) is 13.2 Å². The van der Waals surface area contributed by atoms with E-state index in [9.17, 15) is 9.59 Å². The fourth-order valence-electron chi connectivity index (χ4n) is 6.98. The predicted molar refractivity (Wildman–Crippen MR) is 221 cm³/mol. The maximum atomic E-state index is 13.4. The van der Waals surface area contributed by atoms with Crippen LogP contribution in [0.5, 0.6) is 23.0 Å². The largest absolute Gasteiger partial charge is 0.493 e. The molecule has 6 nitrogen and oxygen atoms in total. The molecule has 4 aromatic carbocycles. The van der Waals surface area contributed by atoms with Crippen LogP contribution in [0.4, 0.5) is 0 Å². The first kappa shape index (κ1) is 42.2. The zero-order valence-electron chi connectivity index (χ0n) is 34.4. The van der Waals surface area contributed by atoms with Gasteiger partial charge in [0.15, 0.2) is 0 Å². The first-order valence-corrected chi connectivity index (χ1v) is 20.0. The van der Waals surface area contributed by atoms with E-state index in [-0.39, 0.29) is 0 Å². The second-order valence-electron chi connectivity index (χ2n) is 15.2. The van der Waals surface area contributed by atoms with Gasteiger partial charge in [0, 0.05) is 0 Å². The smallest absolute Gasteiger partial charge is 0.343 e. The van der Waals surface area contributed by atoms with Crippen molar-refractivity contribution < 1.29 is 28.5 Å². The summed E-state index contributed by atoms with van der Waals surface area (Å²) in [5, 5.41) is 0. The maximum Gasteiger partial charge on any atom is 0.343 e. The summed E-state index contributed by atoms with van der Waals surface area (Å²) >= 11 is 0. The highest BCUT2D eigenvalue weighted by Gasteiger charge is 2.19. The van der Waals surface area contributed by atoms with Gasteiger partial charge in [-0.1, -0.05) is 66.2 Å². The van der Waals surface area contributed by atoms with Crippen molar-refractivity contribution in [2.45, 2.75) is 121 Å². The highest BCUT2D eigenvalue weighted by molar-refractivity contribution is 5.93. The molecule has 0 fully saturated rings. The van der Waals surface area contributed by atoms with E-state index in [1.807, 2.05) is 90.1 Å². The van der Waals surface area contributed by atoms with Crippen LogP contribution in [0.1, 0.15) is 133 Å². The molecule has 0 saturated heterocycles. The van der Waals surface area contributed by atoms with Gasteiger partial charge in [-0.2, -0.15) is 0 Å².